The molecule has 2 aromatic carbocycles. The fourth-order valence-electron chi connectivity index (χ4n) is 3.51. The van der Waals surface area contributed by atoms with Crippen LogP contribution in [0.15, 0.2) is 60.7 Å². The maximum Gasteiger partial charge on any atom is 0.244 e. The molecule has 0 radical (unpaired) electrons. The first-order valence-electron chi connectivity index (χ1n) is 9.72. The van der Waals surface area contributed by atoms with Gasteiger partial charge in [-0.25, -0.2) is 0 Å². The Morgan fingerprint density at radius 2 is 1.71 bits per heavy atom. The Hall–Kier alpha value is -2.14. The van der Waals surface area contributed by atoms with Gasteiger partial charge >= 0.3 is 0 Å². The lowest BCUT2D eigenvalue weighted by atomic mass is 10.0. The standard InChI is InChI=1S/C23H28ClN3O/c1-18(19-6-4-3-5-7-19)16-23(28)25-17-22(20-8-10-21(24)11-9-20)27-14-12-26(2)13-15-27/h3-11,16,22H,12-15,17H2,1-2H3,(H,25,28)/b18-16+. The van der Waals surface area contributed by atoms with Crippen LogP contribution in [0, 0.1) is 0 Å². The van der Waals surface area contributed by atoms with Crippen LogP contribution in [0.3, 0.4) is 0 Å². The number of carbonyl (C=O) groups is 1. The number of halogens is 1. The third kappa shape index (κ3) is 5.68. The van der Waals surface area contributed by atoms with Crippen LogP contribution in [-0.4, -0.2) is 55.5 Å². The van der Waals surface area contributed by atoms with Crippen LogP contribution in [0.1, 0.15) is 24.1 Å². The number of piperazine rings is 1. The Bertz CT molecular complexity index is 796. The maximum absolute atomic E-state index is 12.5. The van der Waals surface area contributed by atoms with Crippen molar-refractivity contribution in [2.45, 2.75) is 13.0 Å². The van der Waals surface area contributed by atoms with Gasteiger partial charge in [0.15, 0.2) is 0 Å². The van der Waals surface area contributed by atoms with Gasteiger partial charge in [-0.1, -0.05) is 54.1 Å². The van der Waals surface area contributed by atoms with E-state index in [1.165, 1.54) is 5.56 Å². The predicted molar refractivity (Wildman–Crippen MR) is 116 cm³/mol. The zero-order valence-corrected chi connectivity index (χ0v) is 17.3. The van der Waals surface area contributed by atoms with E-state index >= 15 is 0 Å². The van der Waals surface area contributed by atoms with Crippen molar-refractivity contribution < 1.29 is 4.79 Å². The van der Waals surface area contributed by atoms with Gasteiger partial charge in [0.05, 0.1) is 6.04 Å². The third-order valence-corrected chi connectivity index (χ3v) is 5.53. The lowest BCUT2D eigenvalue weighted by molar-refractivity contribution is -0.116. The third-order valence-electron chi connectivity index (χ3n) is 5.28. The van der Waals surface area contributed by atoms with Gasteiger partial charge in [0.1, 0.15) is 0 Å². The second-order valence-corrected chi connectivity index (χ2v) is 7.78. The highest BCUT2D eigenvalue weighted by Crippen LogP contribution is 2.23. The Balaban J connectivity index is 1.69. The summed E-state index contributed by atoms with van der Waals surface area (Å²) < 4.78 is 0. The van der Waals surface area contributed by atoms with Gasteiger partial charge in [-0.15, -0.1) is 0 Å². The number of nitrogens with zero attached hydrogens (tertiary/aromatic N) is 2. The molecule has 1 N–H and O–H groups in total. The molecule has 1 heterocycles. The average molecular weight is 398 g/mol. The number of nitrogens with one attached hydrogen (secondary N) is 1. The number of hydrogen-bond donors (Lipinski definition) is 1. The number of benzene rings is 2. The lowest BCUT2D eigenvalue weighted by Gasteiger charge is -2.38. The van der Waals surface area contributed by atoms with E-state index in [9.17, 15) is 4.79 Å². The Labute approximate surface area is 172 Å². The highest BCUT2D eigenvalue weighted by atomic mass is 35.5. The van der Waals surface area contributed by atoms with Gasteiger partial charge in [0.2, 0.25) is 5.91 Å². The molecule has 5 heteroatoms. The first-order valence-corrected chi connectivity index (χ1v) is 10.1. The molecule has 1 saturated heterocycles. The monoisotopic (exact) mass is 397 g/mol. The fraction of sp³-hybridized carbons (Fsp3) is 0.348. The van der Waals surface area contributed by atoms with Crippen LogP contribution in [0.25, 0.3) is 5.57 Å². The van der Waals surface area contributed by atoms with Crippen LogP contribution in [0.2, 0.25) is 5.02 Å². The van der Waals surface area contributed by atoms with E-state index in [1.807, 2.05) is 49.4 Å². The molecule has 0 bridgehead atoms. The first-order chi connectivity index (χ1) is 13.5. The minimum Gasteiger partial charge on any atom is -0.351 e. The highest BCUT2D eigenvalue weighted by molar-refractivity contribution is 6.30. The molecule has 1 unspecified atom stereocenters. The van der Waals surface area contributed by atoms with Crippen molar-refractivity contribution in [2.75, 3.05) is 39.8 Å². The molecule has 2 aromatic rings. The Kier molecular flexibility index (Phi) is 7.26. The number of rotatable bonds is 6. The molecule has 1 aliphatic heterocycles. The molecule has 0 saturated carbocycles. The summed E-state index contributed by atoms with van der Waals surface area (Å²) in [4.78, 5) is 17.3. The zero-order chi connectivity index (χ0) is 19.9. The molecular formula is C23H28ClN3O. The second-order valence-electron chi connectivity index (χ2n) is 7.35. The SMILES string of the molecule is C/C(=C\C(=O)NCC(c1ccc(Cl)cc1)N1CCN(C)CC1)c1ccccc1. The number of carbonyl (C=O) groups excluding carboxylic acids is 1. The van der Waals surface area contributed by atoms with Crippen molar-refractivity contribution in [2.24, 2.45) is 0 Å². The van der Waals surface area contributed by atoms with Crippen molar-refractivity contribution in [1.82, 2.24) is 15.1 Å². The van der Waals surface area contributed by atoms with Crippen molar-refractivity contribution in [3.05, 3.63) is 76.8 Å². The first kappa shape index (κ1) is 20.6. The van der Waals surface area contributed by atoms with Crippen molar-refractivity contribution in [1.29, 1.82) is 0 Å². The Morgan fingerprint density at radius 3 is 2.36 bits per heavy atom. The quantitative estimate of drug-likeness (QED) is 0.752. The van der Waals surface area contributed by atoms with E-state index in [1.54, 1.807) is 6.08 Å². The summed E-state index contributed by atoms with van der Waals surface area (Å²) in [6, 6.07) is 18.1. The summed E-state index contributed by atoms with van der Waals surface area (Å²) in [7, 11) is 2.15. The molecule has 1 fully saturated rings. The number of amides is 1. The van der Waals surface area contributed by atoms with Crippen molar-refractivity contribution >= 4 is 23.1 Å². The van der Waals surface area contributed by atoms with Gasteiger partial charge in [-0.2, -0.15) is 0 Å². The van der Waals surface area contributed by atoms with Crippen molar-refractivity contribution in [3.63, 3.8) is 0 Å². The zero-order valence-electron chi connectivity index (χ0n) is 16.6. The number of likely N-dealkylation sites (N-methyl/N-ethyl adjacent to an activating group) is 1. The molecule has 1 amide bonds. The molecule has 0 aliphatic carbocycles. The normalized spacial score (nSPS) is 17.3. The van der Waals surface area contributed by atoms with E-state index in [0.717, 1.165) is 42.3 Å². The van der Waals surface area contributed by atoms with E-state index in [-0.39, 0.29) is 11.9 Å². The number of allylic oxidation sites excluding steroid dienone is 1. The smallest absolute Gasteiger partial charge is 0.244 e. The molecule has 28 heavy (non-hydrogen) atoms. The summed E-state index contributed by atoms with van der Waals surface area (Å²) in [6.07, 6.45) is 1.68. The molecule has 1 atom stereocenters. The van der Waals surface area contributed by atoms with E-state index in [0.29, 0.717) is 6.54 Å². The highest BCUT2D eigenvalue weighted by Gasteiger charge is 2.24. The predicted octanol–water partition coefficient (Wildman–Crippen LogP) is 3.85. The summed E-state index contributed by atoms with van der Waals surface area (Å²) in [5.41, 5.74) is 3.20. The molecule has 0 spiro atoms. The minimum absolute atomic E-state index is 0.0607. The molecule has 3 rings (SSSR count). The Morgan fingerprint density at radius 1 is 1.07 bits per heavy atom. The maximum atomic E-state index is 12.5. The number of hydrogen-bond acceptors (Lipinski definition) is 3. The molecule has 148 valence electrons. The summed E-state index contributed by atoms with van der Waals surface area (Å²) in [5.74, 6) is -0.0607. The van der Waals surface area contributed by atoms with E-state index in [4.69, 9.17) is 11.6 Å². The van der Waals surface area contributed by atoms with E-state index in [2.05, 4.69) is 34.3 Å². The average Bonchev–Trinajstić information content (AvgIpc) is 2.71. The summed E-state index contributed by atoms with van der Waals surface area (Å²) in [6.45, 7) is 6.57. The molecule has 4 nitrogen and oxygen atoms in total. The van der Waals surface area contributed by atoms with E-state index < -0.39 is 0 Å². The van der Waals surface area contributed by atoms with Gasteiger partial charge < -0.3 is 10.2 Å². The molecule has 1 aliphatic rings. The largest absolute Gasteiger partial charge is 0.351 e. The van der Waals surface area contributed by atoms with Crippen LogP contribution in [0.5, 0.6) is 0 Å². The summed E-state index contributed by atoms with van der Waals surface area (Å²) >= 11 is 6.07. The summed E-state index contributed by atoms with van der Waals surface area (Å²) in [5, 5.41) is 3.83. The van der Waals surface area contributed by atoms with Gasteiger partial charge in [-0.3, -0.25) is 9.69 Å². The lowest BCUT2D eigenvalue weighted by Crippen LogP contribution is -2.48. The van der Waals surface area contributed by atoms with Crippen LogP contribution >= 0.6 is 11.6 Å². The van der Waals surface area contributed by atoms with Gasteiger partial charge in [0.25, 0.3) is 0 Å². The molecule has 0 aromatic heterocycles. The van der Waals surface area contributed by atoms with Crippen LogP contribution < -0.4 is 5.32 Å². The fourth-order valence-corrected chi connectivity index (χ4v) is 3.63. The van der Waals surface area contributed by atoms with Gasteiger partial charge in [0, 0.05) is 43.8 Å². The minimum atomic E-state index is -0.0607. The topological polar surface area (TPSA) is 35.6 Å². The van der Waals surface area contributed by atoms with Crippen LogP contribution in [0.4, 0.5) is 0 Å². The van der Waals surface area contributed by atoms with Gasteiger partial charge in [-0.05, 0) is 42.8 Å². The van der Waals surface area contributed by atoms with Crippen molar-refractivity contribution in [3.8, 4) is 0 Å². The second kappa shape index (κ2) is 9.87. The van der Waals surface area contributed by atoms with Crippen LogP contribution in [-0.2, 0) is 4.79 Å². The molecular weight excluding hydrogens is 370 g/mol.